The molecule has 1 saturated heterocycles. The number of hydrogen-bond donors (Lipinski definition) is 1. The van der Waals surface area contributed by atoms with Crippen molar-refractivity contribution in [1.82, 2.24) is 19.4 Å². The number of benzene rings is 2. The molecule has 49 heavy (non-hydrogen) atoms. The number of piperazine rings is 1. The summed E-state index contributed by atoms with van der Waals surface area (Å²) in [6, 6.07) is 17.2. The molecule has 0 saturated carbocycles. The Kier molecular flexibility index (Phi) is 8.54. The third-order valence-corrected chi connectivity index (χ3v) is 11.2. The predicted molar refractivity (Wildman–Crippen MR) is 185 cm³/mol. The normalized spacial score (nSPS) is 19.4. The van der Waals surface area contributed by atoms with Gasteiger partial charge in [-0.2, -0.15) is 4.40 Å². The number of carbonyl (C=O) groups is 1. The highest BCUT2D eigenvalue weighted by Crippen LogP contribution is 2.40. The molecule has 0 aliphatic carbocycles. The molecular weight excluding hydrogens is 646 g/mol. The molecule has 4 aromatic rings. The van der Waals surface area contributed by atoms with E-state index in [0.29, 0.717) is 74.0 Å². The van der Waals surface area contributed by atoms with Crippen molar-refractivity contribution >= 4 is 32.7 Å². The van der Waals surface area contributed by atoms with Crippen LogP contribution in [0.15, 0.2) is 63.8 Å². The number of rotatable bonds is 8. The van der Waals surface area contributed by atoms with Crippen molar-refractivity contribution in [3.05, 3.63) is 92.8 Å². The van der Waals surface area contributed by atoms with Gasteiger partial charge in [0.05, 0.1) is 41.9 Å². The Morgan fingerprint density at radius 3 is 2.47 bits per heavy atom. The van der Waals surface area contributed by atoms with Gasteiger partial charge in [0, 0.05) is 55.7 Å². The van der Waals surface area contributed by atoms with Crippen LogP contribution in [0.4, 0.5) is 0 Å². The van der Waals surface area contributed by atoms with Crippen molar-refractivity contribution < 1.29 is 27.8 Å². The van der Waals surface area contributed by atoms with Crippen molar-refractivity contribution in [3.63, 3.8) is 0 Å². The second-order valence-electron chi connectivity index (χ2n) is 12.7. The number of fused-ring (bicyclic) bond motifs is 5. The Morgan fingerprint density at radius 1 is 1.04 bits per heavy atom. The summed E-state index contributed by atoms with van der Waals surface area (Å²) in [4.78, 5) is 35.8. The number of para-hydroxylation sites is 1. The van der Waals surface area contributed by atoms with Gasteiger partial charge in [0.2, 0.25) is 0 Å². The Bertz CT molecular complexity index is 2160. The van der Waals surface area contributed by atoms with E-state index >= 15 is 0 Å². The van der Waals surface area contributed by atoms with Gasteiger partial charge < -0.3 is 24.0 Å². The van der Waals surface area contributed by atoms with E-state index in [9.17, 15) is 23.1 Å². The van der Waals surface area contributed by atoms with Crippen LogP contribution in [0, 0.1) is 0 Å². The Hall–Kier alpha value is -4.59. The lowest BCUT2D eigenvalue weighted by molar-refractivity contribution is -0.172. The summed E-state index contributed by atoms with van der Waals surface area (Å²) in [7, 11) is -2.01. The highest BCUT2D eigenvalue weighted by atomic mass is 32.2. The summed E-state index contributed by atoms with van der Waals surface area (Å²) in [6.07, 6.45) is 0.459. The Morgan fingerprint density at radius 2 is 1.78 bits per heavy atom. The van der Waals surface area contributed by atoms with E-state index in [1.54, 1.807) is 31.6 Å². The van der Waals surface area contributed by atoms with Crippen LogP contribution in [0.5, 0.6) is 5.75 Å². The van der Waals surface area contributed by atoms with Crippen LogP contribution in [0.25, 0.3) is 22.3 Å². The van der Waals surface area contributed by atoms with E-state index < -0.39 is 21.6 Å². The lowest BCUT2D eigenvalue weighted by atomic mass is 9.86. The van der Waals surface area contributed by atoms with Gasteiger partial charge in [-0.15, -0.1) is 0 Å². The molecule has 5 heterocycles. The minimum Gasteiger partial charge on any atom is -0.497 e. The SMILES string of the molecule is CC[C@@]1(O)C(=O)OCc2c1cc1n(c2=O)Cc2c-1nc1ccccc1c2CN1CCN(C(Cc2ccc(OC)cc2)=NS(=O)(=O)CC)CC1. The predicted octanol–water partition coefficient (Wildman–Crippen LogP) is 3.20. The lowest BCUT2D eigenvalue weighted by Gasteiger charge is -2.37. The molecule has 2 aromatic heterocycles. The first-order valence-electron chi connectivity index (χ1n) is 16.5. The molecule has 0 unspecified atom stereocenters. The first-order chi connectivity index (χ1) is 23.5. The van der Waals surface area contributed by atoms with Gasteiger partial charge in [0.15, 0.2) is 5.60 Å². The fraction of sp³-hybridized carbons (Fsp3) is 0.389. The third-order valence-electron chi connectivity index (χ3n) is 9.96. The molecular formula is C36H39N5O7S. The molecule has 1 N–H and O–H groups in total. The quantitative estimate of drug-likeness (QED) is 0.147. The maximum Gasteiger partial charge on any atom is 0.343 e. The monoisotopic (exact) mass is 685 g/mol. The average Bonchev–Trinajstić information content (AvgIpc) is 3.49. The molecule has 1 atom stereocenters. The molecule has 0 spiro atoms. The number of ether oxygens (including phenoxy) is 2. The van der Waals surface area contributed by atoms with E-state index in [-0.39, 0.29) is 24.3 Å². The van der Waals surface area contributed by atoms with Crippen LogP contribution in [0.2, 0.25) is 0 Å². The van der Waals surface area contributed by atoms with Gasteiger partial charge in [-0.1, -0.05) is 37.3 Å². The van der Waals surface area contributed by atoms with Crippen LogP contribution >= 0.6 is 0 Å². The Labute approximate surface area is 284 Å². The van der Waals surface area contributed by atoms with Gasteiger partial charge in [-0.05, 0) is 48.7 Å². The topological polar surface area (TPSA) is 144 Å². The first kappa shape index (κ1) is 32.9. The number of aliphatic hydroxyl groups is 1. The molecule has 12 nitrogen and oxygen atoms in total. The van der Waals surface area contributed by atoms with Crippen molar-refractivity contribution in [2.24, 2.45) is 4.40 Å². The van der Waals surface area contributed by atoms with E-state index in [4.69, 9.17) is 14.5 Å². The second-order valence-corrected chi connectivity index (χ2v) is 14.6. The highest BCUT2D eigenvalue weighted by molar-refractivity contribution is 7.90. The van der Waals surface area contributed by atoms with Gasteiger partial charge >= 0.3 is 5.97 Å². The zero-order chi connectivity index (χ0) is 34.5. The number of nitrogens with zero attached hydrogens (tertiary/aromatic N) is 5. The fourth-order valence-corrected chi connectivity index (χ4v) is 7.66. The minimum atomic E-state index is -3.61. The zero-order valence-corrected chi connectivity index (χ0v) is 28.6. The van der Waals surface area contributed by atoms with Crippen LogP contribution < -0.4 is 10.3 Å². The standard InChI is InChI=1S/C36H39N5O7S/c1-4-36(44)29-19-31-33-27(21-41(31)34(42)28(29)22-48-35(36)43)26(25-8-6-7-9-30(25)37-33)20-39-14-16-40(17-15-39)32(38-49(45,46)5-2)18-23-10-12-24(47-3)13-11-23/h6-13,19,44H,4-5,14-18,20-22H2,1-3H3/t36-/m0/s1. The highest BCUT2D eigenvalue weighted by Gasteiger charge is 2.45. The van der Waals surface area contributed by atoms with Crippen LogP contribution in [0.1, 0.15) is 48.1 Å². The number of sulfonamides is 1. The van der Waals surface area contributed by atoms with Crippen LogP contribution in [0.3, 0.4) is 0 Å². The van der Waals surface area contributed by atoms with E-state index in [1.165, 1.54) is 0 Å². The minimum absolute atomic E-state index is 0.0746. The molecule has 1 fully saturated rings. The van der Waals surface area contributed by atoms with Crippen LogP contribution in [-0.4, -0.2) is 83.7 Å². The van der Waals surface area contributed by atoms with E-state index in [2.05, 4.69) is 14.2 Å². The van der Waals surface area contributed by atoms with Crippen LogP contribution in [-0.2, 0) is 51.3 Å². The molecule has 0 amide bonds. The van der Waals surface area contributed by atoms with Crippen molar-refractivity contribution in [3.8, 4) is 17.1 Å². The number of hydrogen-bond acceptors (Lipinski definition) is 9. The number of esters is 1. The van der Waals surface area contributed by atoms with Gasteiger partial charge in [-0.25, -0.2) is 18.2 Å². The maximum absolute atomic E-state index is 13.8. The van der Waals surface area contributed by atoms with Crippen molar-refractivity contribution in [1.29, 1.82) is 0 Å². The molecule has 3 aliphatic rings. The molecule has 2 aromatic carbocycles. The fourth-order valence-electron chi connectivity index (χ4n) is 7.03. The molecule has 256 valence electrons. The summed E-state index contributed by atoms with van der Waals surface area (Å²) in [5.74, 6) is 0.428. The summed E-state index contributed by atoms with van der Waals surface area (Å²) in [5, 5.41) is 12.3. The maximum atomic E-state index is 13.8. The third kappa shape index (κ3) is 5.89. The molecule has 0 radical (unpaired) electrons. The molecule has 0 bridgehead atoms. The summed E-state index contributed by atoms with van der Waals surface area (Å²) in [5.41, 5.74) is 3.37. The number of carbonyl (C=O) groups excluding carboxylic acids is 1. The summed E-state index contributed by atoms with van der Waals surface area (Å²) >= 11 is 0. The average molecular weight is 686 g/mol. The molecule has 3 aliphatic heterocycles. The second kappa shape index (κ2) is 12.7. The number of aromatic nitrogens is 2. The van der Waals surface area contributed by atoms with Gasteiger partial charge in [0.1, 0.15) is 18.2 Å². The van der Waals surface area contributed by atoms with E-state index in [0.717, 1.165) is 33.3 Å². The van der Waals surface area contributed by atoms with Crippen molar-refractivity contribution in [2.45, 2.75) is 52.0 Å². The number of amidine groups is 1. The van der Waals surface area contributed by atoms with Gasteiger partial charge in [-0.3, -0.25) is 9.69 Å². The van der Waals surface area contributed by atoms with E-state index in [1.807, 2.05) is 48.5 Å². The number of cyclic esters (lactones) is 1. The summed E-state index contributed by atoms with van der Waals surface area (Å²) < 4.78 is 41.7. The lowest BCUT2D eigenvalue weighted by Crippen LogP contribution is -2.49. The number of pyridine rings is 2. The van der Waals surface area contributed by atoms with Gasteiger partial charge in [0.25, 0.3) is 15.6 Å². The largest absolute Gasteiger partial charge is 0.497 e. The molecule has 13 heteroatoms. The van der Waals surface area contributed by atoms with Crippen molar-refractivity contribution in [2.75, 3.05) is 39.0 Å². The molecule has 7 rings (SSSR count). The number of methoxy groups -OCH3 is 1. The Balaban J connectivity index is 1.19. The smallest absolute Gasteiger partial charge is 0.343 e. The zero-order valence-electron chi connectivity index (χ0n) is 27.8. The first-order valence-corrected chi connectivity index (χ1v) is 18.2. The summed E-state index contributed by atoms with van der Waals surface area (Å²) in [6.45, 7) is 6.55.